The monoisotopic (exact) mass is 361 g/mol. The van der Waals surface area contributed by atoms with Crippen molar-refractivity contribution in [3.8, 4) is 0 Å². The van der Waals surface area contributed by atoms with Gasteiger partial charge in [0.2, 0.25) is 0 Å². The predicted molar refractivity (Wildman–Crippen MR) is 95.6 cm³/mol. The number of carbonyl (C=O) groups excluding carboxylic acids is 2. The second kappa shape index (κ2) is 8.39. The molecular formula is C19H23NO4S. The van der Waals surface area contributed by atoms with Crippen LogP contribution in [0.25, 0.3) is 4.85 Å². The maximum Gasteiger partial charge on any atom is 0.309 e. The van der Waals surface area contributed by atoms with Gasteiger partial charge in [0.1, 0.15) is 0 Å². The second-order valence-corrected chi connectivity index (χ2v) is 8.16. The zero-order chi connectivity index (χ0) is 18.4. The number of benzene rings is 1. The minimum Gasteiger partial charge on any atom is -0.457 e. The lowest BCUT2D eigenvalue weighted by Gasteiger charge is -2.18. The fraction of sp³-hybridized carbons (Fsp3) is 0.526. The van der Waals surface area contributed by atoms with E-state index in [2.05, 4.69) is 4.85 Å². The zero-order valence-electron chi connectivity index (χ0n) is 14.6. The molecule has 0 saturated heterocycles. The van der Waals surface area contributed by atoms with Crippen LogP contribution in [0.1, 0.15) is 49.4 Å². The van der Waals surface area contributed by atoms with E-state index in [-0.39, 0.29) is 30.7 Å². The molecule has 1 aliphatic rings. The average Bonchev–Trinajstić information content (AvgIpc) is 3.14. The van der Waals surface area contributed by atoms with Gasteiger partial charge < -0.3 is 9.58 Å². The molecular weight excluding hydrogens is 338 g/mol. The van der Waals surface area contributed by atoms with Crippen molar-refractivity contribution < 1.29 is 18.5 Å². The van der Waals surface area contributed by atoms with Crippen LogP contribution in [0.3, 0.4) is 0 Å². The van der Waals surface area contributed by atoms with Crippen molar-refractivity contribution in [3.63, 3.8) is 0 Å². The van der Waals surface area contributed by atoms with E-state index >= 15 is 0 Å². The number of Topliss-reactive ketones (excluding diaryl/α,β-unsaturated/α-hetero) is 1. The highest BCUT2D eigenvalue weighted by Gasteiger charge is 2.37. The maximum atomic E-state index is 12.4. The number of hydrogen-bond donors (Lipinski definition) is 0. The molecule has 2 rings (SSSR count). The van der Waals surface area contributed by atoms with Gasteiger partial charge in [-0.05, 0) is 25.0 Å². The number of rotatable bonds is 7. The van der Waals surface area contributed by atoms with Gasteiger partial charge in [0, 0.05) is 34.4 Å². The Morgan fingerprint density at radius 3 is 2.40 bits per heavy atom. The first-order valence-corrected chi connectivity index (χ1v) is 9.92. The number of ether oxygens (including phenoxy) is 1. The molecule has 1 aromatic rings. The first-order valence-electron chi connectivity index (χ1n) is 8.36. The van der Waals surface area contributed by atoms with Crippen LogP contribution in [-0.4, -0.2) is 34.4 Å². The third kappa shape index (κ3) is 5.23. The van der Waals surface area contributed by atoms with Crippen molar-refractivity contribution in [2.24, 2.45) is 5.92 Å². The van der Waals surface area contributed by atoms with Gasteiger partial charge in [-0.25, -0.2) is 6.57 Å². The highest BCUT2D eigenvalue weighted by atomic mass is 32.2. The van der Waals surface area contributed by atoms with E-state index in [1.165, 1.54) is 0 Å². The summed E-state index contributed by atoms with van der Waals surface area (Å²) in [4.78, 5) is 28.6. The average molecular weight is 361 g/mol. The number of carbonyl (C=O) groups is 2. The molecule has 2 unspecified atom stereocenters. The molecule has 0 heterocycles. The zero-order valence-corrected chi connectivity index (χ0v) is 15.4. The van der Waals surface area contributed by atoms with E-state index in [1.54, 1.807) is 37.4 Å². The SMILES string of the molecule is [C-]#[N+]C(C)(COC(=O)C1CCCC1)CC(=O)c1ccc(S(C)=O)cc1. The molecule has 1 saturated carbocycles. The molecule has 134 valence electrons. The minimum atomic E-state index is -1.10. The number of nitrogens with zero attached hydrogens (tertiary/aromatic N) is 1. The van der Waals surface area contributed by atoms with Crippen molar-refractivity contribution in [2.75, 3.05) is 12.9 Å². The Morgan fingerprint density at radius 2 is 1.88 bits per heavy atom. The highest BCUT2D eigenvalue weighted by Crippen LogP contribution is 2.27. The van der Waals surface area contributed by atoms with Gasteiger partial charge in [-0.1, -0.05) is 25.0 Å². The van der Waals surface area contributed by atoms with E-state index in [9.17, 15) is 13.8 Å². The Bertz CT molecular complexity index is 701. The molecule has 6 heteroatoms. The van der Waals surface area contributed by atoms with Gasteiger partial charge in [0.05, 0.1) is 12.3 Å². The first-order chi connectivity index (χ1) is 11.8. The highest BCUT2D eigenvalue weighted by molar-refractivity contribution is 7.84. The lowest BCUT2D eigenvalue weighted by Crippen LogP contribution is -2.32. The Hall–Kier alpha value is -2.00. The summed E-state index contributed by atoms with van der Waals surface area (Å²) in [6.45, 7) is 8.96. The van der Waals surface area contributed by atoms with E-state index < -0.39 is 16.3 Å². The molecule has 0 radical (unpaired) electrons. The van der Waals surface area contributed by atoms with E-state index in [4.69, 9.17) is 11.3 Å². The molecule has 0 aromatic heterocycles. The van der Waals surface area contributed by atoms with Gasteiger partial charge >= 0.3 is 5.97 Å². The van der Waals surface area contributed by atoms with Crippen LogP contribution in [0.15, 0.2) is 29.2 Å². The van der Waals surface area contributed by atoms with E-state index in [1.807, 2.05) is 0 Å². The number of esters is 1. The summed E-state index contributed by atoms with van der Waals surface area (Å²) in [5.74, 6) is -0.508. The van der Waals surface area contributed by atoms with Crippen molar-refractivity contribution in [2.45, 2.75) is 49.5 Å². The fourth-order valence-corrected chi connectivity index (χ4v) is 3.43. The molecule has 1 fully saturated rings. The summed E-state index contributed by atoms with van der Waals surface area (Å²) >= 11 is 0. The van der Waals surface area contributed by atoms with Crippen LogP contribution < -0.4 is 0 Å². The Labute approximate surface area is 151 Å². The second-order valence-electron chi connectivity index (χ2n) is 6.78. The van der Waals surface area contributed by atoms with Crippen LogP contribution in [0.5, 0.6) is 0 Å². The van der Waals surface area contributed by atoms with Gasteiger partial charge in [-0.3, -0.25) is 13.8 Å². The molecule has 25 heavy (non-hydrogen) atoms. The van der Waals surface area contributed by atoms with Crippen LogP contribution in [0.4, 0.5) is 0 Å². The molecule has 2 atom stereocenters. The van der Waals surface area contributed by atoms with Crippen LogP contribution in [0.2, 0.25) is 0 Å². The third-order valence-electron chi connectivity index (χ3n) is 4.53. The third-order valence-corrected chi connectivity index (χ3v) is 5.47. The number of hydrogen-bond acceptors (Lipinski definition) is 4. The summed E-state index contributed by atoms with van der Waals surface area (Å²) in [6.07, 6.45) is 5.32. The summed E-state index contributed by atoms with van der Waals surface area (Å²) in [5, 5.41) is 0. The standard InChI is InChI=1S/C19H23NO4S/c1-19(20-2,13-24-18(22)15-6-4-5-7-15)12-17(21)14-8-10-16(11-9-14)25(3)23/h8-11,15H,4-7,12-13H2,1,3H3. The van der Waals surface area contributed by atoms with Gasteiger partial charge in [-0.2, -0.15) is 0 Å². The Morgan fingerprint density at radius 1 is 1.28 bits per heavy atom. The fourth-order valence-electron chi connectivity index (χ4n) is 2.91. The molecule has 5 nitrogen and oxygen atoms in total. The van der Waals surface area contributed by atoms with Crippen molar-refractivity contribution >= 4 is 22.6 Å². The maximum absolute atomic E-state index is 12.4. The predicted octanol–water partition coefficient (Wildman–Crippen LogP) is 3.41. The largest absolute Gasteiger partial charge is 0.457 e. The lowest BCUT2D eigenvalue weighted by atomic mass is 9.94. The topological polar surface area (TPSA) is 64.8 Å². The van der Waals surface area contributed by atoms with Gasteiger partial charge in [0.15, 0.2) is 12.4 Å². The van der Waals surface area contributed by atoms with Crippen molar-refractivity contribution in [1.29, 1.82) is 0 Å². The summed E-state index contributed by atoms with van der Waals surface area (Å²) in [5.41, 5.74) is -0.608. The van der Waals surface area contributed by atoms with Crippen molar-refractivity contribution in [1.82, 2.24) is 0 Å². The smallest absolute Gasteiger partial charge is 0.309 e. The van der Waals surface area contributed by atoms with Crippen LogP contribution in [0, 0.1) is 12.5 Å². The first kappa shape index (κ1) is 19.3. The quantitative estimate of drug-likeness (QED) is 0.424. The van der Waals surface area contributed by atoms with Crippen LogP contribution >= 0.6 is 0 Å². The van der Waals surface area contributed by atoms with Gasteiger partial charge in [0.25, 0.3) is 5.54 Å². The molecule has 0 spiro atoms. The van der Waals surface area contributed by atoms with Crippen molar-refractivity contribution in [3.05, 3.63) is 41.2 Å². The van der Waals surface area contributed by atoms with Gasteiger partial charge in [-0.15, -0.1) is 0 Å². The summed E-state index contributed by atoms with van der Waals surface area (Å²) in [7, 11) is -1.10. The lowest BCUT2D eigenvalue weighted by molar-refractivity contribution is -0.149. The summed E-state index contributed by atoms with van der Waals surface area (Å²) in [6, 6.07) is 6.54. The molecule has 1 aromatic carbocycles. The molecule has 1 aliphatic carbocycles. The van der Waals surface area contributed by atoms with E-state index in [0.29, 0.717) is 10.5 Å². The van der Waals surface area contributed by atoms with E-state index in [0.717, 1.165) is 25.7 Å². The number of ketones is 1. The Kier molecular flexibility index (Phi) is 6.49. The molecule has 0 aliphatic heterocycles. The van der Waals surface area contributed by atoms with Crippen LogP contribution in [-0.2, 0) is 20.3 Å². The normalized spacial score (nSPS) is 18.1. The summed E-state index contributed by atoms with van der Waals surface area (Å²) < 4.78 is 16.7. The molecule has 0 amide bonds. The minimum absolute atomic E-state index is 0.0248. The molecule has 0 bridgehead atoms. The Balaban J connectivity index is 1.96. The molecule has 0 N–H and O–H groups in total.